The molecule has 2 atom stereocenters. The maximum atomic E-state index is 10.3. The third-order valence-electron chi connectivity index (χ3n) is 3.92. The second-order valence-electron chi connectivity index (χ2n) is 5.09. The Kier molecular flexibility index (Phi) is 5.62. The summed E-state index contributed by atoms with van der Waals surface area (Å²) in [5.74, 6) is -0.588. The first-order valence-corrected chi connectivity index (χ1v) is 7.69. The Labute approximate surface area is 130 Å². The Morgan fingerprint density at radius 2 is 2.00 bits per heavy atom. The smallest absolute Gasteiger partial charge is 0.293 e. The van der Waals surface area contributed by atoms with Crippen LogP contribution in [0.3, 0.4) is 0 Å². The van der Waals surface area contributed by atoms with E-state index in [9.17, 15) is 4.79 Å². The molecule has 1 aromatic rings. The van der Waals surface area contributed by atoms with Crippen molar-refractivity contribution in [2.75, 3.05) is 6.61 Å². The molecule has 0 radical (unpaired) electrons. The van der Waals surface area contributed by atoms with Crippen LogP contribution in [-0.2, 0) is 19.0 Å². The highest BCUT2D eigenvalue weighted by atomic mass is 35.5. The molecule has 116 valence electrons. The average Bonchev–Trinajstić information content (AvgIpc) is 2.88. The number of carbonyl (C=O) groups excluding carboxylic acids is 1. The lowest BCUT2D eigenvalue weighted by Crippen LogP contribution is -2.29. The van der Waals surface area contributed by atoms with Gasteiger partial charge < -0.3 is 14.2 Å². The van der Waals surface area contributed by atoms with Crippen LogP contribution in [0.25, 0.3) is 0 Å². The molecule has 1 aliphatic rings. The SMILES string of the molecule is CCC1(CC)O[C@H](c2ccccc2Cl)[C@@H](CCOC=O)O1. The van der Waals surface area contributed by atoms with Crippen molar-refractivity contribution in [2.24, 2.45) is 0 Å². The summed E-state index contributed by atoms with van der Waals surface area (Å²) < 4.78 is 17.1. The second-order valence-corrected chi connectivity index (χ2v) is 5.50. The Bertz CT molecular complexity index is 473. The molecule has 1 aliphatic heterocycles. The molecule has 0 amide bonds. The molecule has 1 saturated heterocycles. The summed E-state index contributed by atoms with van der Waals surface area (Å²) in [5, 5.41) is 0.662. The summed E-state index contributed by atoms with van der Waals surface area (Å²) in [4.78, 5) is 10.3. The van der Waals surface area contributed by atoms with Gasteiger partial charge in [-0.15, -0.1) is 0 Å². The van der Waals surface area contributed by atoms with Crippen LogP contribution in [0, 0.1) is 0 Å². The van der Waals surface area contributed by atoms with Crippen LogP contribution in [0.4, 0.5) is 0 Å². The van der Waals surface area contributed by atoms with E-state index in [2.05, 4.69) is 0 Å². The summed E-state index contributed by atoms with van der Waals surface area (Å²) >= 11 is 6.29. The highest BCUT2D eigenvalue weighted by Gasteiger charge is 2.46. The number of hydrogen-bond donors (Lipinski definition) is 0. The lowest BCUT2D eigenvalue weighted by Gasteiger charge is -2.25. The van der Waals surface area contributed by atoms with Gasteiger partial charge in [-0.2, -0.15) is 0 Å². The lowest BCUT2D eigenvalue weighted by atomic mass is 10.0. The first-order valence-electron chi connectivity index (χ1n) is 7.31. The molecule has 5 heteroatoms. The summed E-state index contributed by atoms with van der Waals surface area (Å²) in [6.07, 6.45) is 1.68. The molecule has 0 N–H and O–H groups in total. The van der Waals surface area contributed by atoms with Crippen LogP contribution in [0.2, 0.25) is 5.02 Å². The van der Waals surface area contributed by atoms with Gasteiger partial charge in [0.05, 0.1) is 12.7 Å². The maximum Gasteiger partial charge on any atom is 0.293 e. The van der Waals surface area contributed by atoms with Crippen LogP contribution in [-0.4, -0.2) is 25.0 Å². The summed E-state index contributed by atoms with van der Waals surface area (Å²) in [6, 6.07) is 7.61. The highest BCUT2D eigenvalue weighted by Crippen LogP contribution is 2.44. The van der Waals surface area contributed by atoms with Crippen molar-refractivity contribution in [3.8, 4) is 0 Å². The van der Waals surface area contributed by atoms with Crippen molar-refractivity contribution >= 4 is 18.1 Å². The topological polar surface area (TPSA) is 44.8 Å². The Morgan fingerprint density at radius 3 is 2.62 bits per heavy atom. The van der Waals surface area contributed by atoms with Crippen LogP contribution in [0.15, 0.2) is 24.3 Å². The molecule has 1 fully saturated rings. The Balaban J connectivity index is 2.22. The van der Waals surface area contributed by atoms with Gasteiger partial charge in [-0.05, 0) is 18.9 Å². The summed E-state index contributed by atoms with van der Waals surface area (Å²) in [6.45, 7) is 4.84. The van der Waals surface area contributed by atoms with E-state index in [1.165, 1.54) is 0 Å². The number of hydrogen-bond acceptors (Lipinski definition) is 4. The van der Waals surface area contributed by atoms with Crippen molar-refractivity contribution in [3.63, 3.8) is 0 Å². The minimum absolute atomic E-state index is 0.176. The summed E-state index contributed by atoms with van der Waals surface area (Å²) in [7, 11) is 0. The fourth-order valence-electron chi connectivity index (χ4n) is 2.67. The molecule has 4 nitrogen and oxygen atoms in total. The van der Waals surface area contributed by atoms with E-state index in [4.69, 9.17) is 25.8 Å². The molecule has 1 aromatic carbocycles. The van der Waals surface area contributed by atoms with Gasteiger partial charge in [0.15, 0.2) is 5.79 Å². The number of carbonyl (C=O) groups is 1. The maximum absolute atomic E-state index is 10.3. The van der Waals surface area contributed by atoms with Crippen LogP contribution < -0.4 is 0 Å². The van der Waals surface area contributed by atoms with Gasteiger partial charge in [-0.25, -0.2) is 0 Å². The molecule has 0 saturated carbocycles. The monoisotopic (exact) mass is 312 g/mol. The fraction of sp³-hybridized carbons (Fsp3) is 0.562. The van der Waals surface area contributed by atoms with E-state index in [0.29, 0.717) is 24.5 Å². The summed E-state index contributed by atoms with van der Waals surface area (Å²) in [5.41, 5.74) is 0.916. The van der Waals surface area contributed by atoms with Crippen LogP contribution in [0.5, 0.6) is 0 Å². The first kappa shape index (κ1) is 16.3. The molecule has 0 bridgehead atoms. The van der Waals surface area contributed by atoms with Gasteiger partial charge in [0.25, 0.3) is 6.47 Å². The van der Waals surface area contributed by atoms with E-state index < -0.39 is 5.79 Å². The van der Waals surface area contributed by atoms with Crippen molar-refractivity contribution in [1.82, 2.24) is 0 Å². The third-order valence-corrected chi connectivity index (χ3v) is 4.27. The zero-order valence-electron chi connectivity index (χ0n) is 12.4. The van der Waals surface area contributed by atoms with Crippen molar-refractivity contribution in [1.29, 1.82) is 0 Å². The Hall–Kier alpha value is -1.10. The minimum Gasteiger partial charge on any atom is -0.468 e. The molecule has 0 unspecified atom stereocenters. The molecular formula is C16H21ClO4. The molecule has 1 heterocycles. The number of ether oxygens (including phenoxy) is 3. The van der Waals surface area contributed by atoms with Gasteiger partial charge in [0.1, 0.15) is 6.10 Å². The zero-order chi connectivity index (χ0) is 15.3. The molecular weight excluding hydrogens is 292 g/mol. The molecule has 21 heavy (non-hydrogen) atoms. The quantitative estimate of drug-likeness (QED) is 0.566. The predicted molar refractivity (Wildman–Crippen MR) is 80.1 cm³/mol. The Morgan fingerprint density at radius 1 is 1.29 bits per heavy atom. The van der Waals surface area contributed by atoms with E-state index in [1.807, 2.05) is 38.1 Å². The largest absolute Gasteiger partial charge is 0.468 e. The van der Waals surface area contributed by atoms with Gasteiger partial charge in [-0.1, -0.05) is 43.6 Å². The van der Waals surface area contributed by atoms with Gasteiger partial charge in [-0.3, -0.25) is 4.79 Å². The second kappa shape index (κ2) is 7.25. The predicted octanol–water partition coefficient (Wildman–Crippen LogP) is 3.88. The van der Waals surface area contributed by atoms with Crippen molar-refractivity contribution in [3.05, 3.63) is 34.9 Å². The van der Waals surface area contributed by atoms with E-state index >= 15 is 0 Å². The zero-order valence-corrected chi connectivity index (χ0v) is 13.1. The number of benzene rings is 1. The third kappa shape index (κ3) is 3.57. The number of rotatable bonds is 7. The van der Waals surface area contributed by atoms with E-state index in [0.717, 1.165) is 18.4 Å². The first-order chi connectivity index (χ1) is 10.2. The molecule has 0 aromatic heterocycles. The van der Waals surface area contributed by atoms with Crippen molar-refractivity contribution < 1.29 is 19.0 Å². The fourth-order valence-corrected chi connectivity index (χ4v) is 2.91. The normalized spacial score (nSPS) is 24.0. The minimum atomic E-state index is -0.588. The standard InChI is InChI=1S/C16H21ClO4/c1-3-16(4-2)20-14(9-10-19-11-18)15(21-16)12-7-5-6-8-13(12)17/h5-8,11,14-15H,3-4,9-10H2,1-2H3/t14-,15-/m1/s1. The average molecular weight is 313 g/mol. The van der Waals surface area contributed by atoms with Crippen LogP contribution in [0.1, 0.15) is 44.8 Å². The highest BCUT2D eigenvalue weighted by molar-refractivity contribution is 6.31. The molecule has 2 rings (SSSR count). The number of halogens is 1. The van der Waals surface area contributed by atoms with Crippen molar-refractivity contribution in [2.45, 2.75) is 51.1 Å². The van der Waals surface area contributed by atoms with Crippen LogP contribution >= 0.6 is 11.6 Å². The van der Waals surface area contributed by atoms with Gasteiger partial charge in [0, 0.05) is 17.0 Å². The molecule has 0 spiro atoms. The van der Waals surface area contributed by atoms with Gasteiger partial charge >= 0.3 is 0 Å². The lowest BCUT2D eigenvalue weighted by molar-refractivity contribution is -0.180. The van der Waals surface area contributed by atoms with E-state index in [-0.39, 0.29) is 12.2 Å². The molecule has 0 aliphatic carbocycles. The van der Waals surface area contributed by atoms with Gasteiger partial charge in [0.2, 0.25) is 0 Å². The van der Waals surface area contributed by atoms with E-state index in [1.54, 1.807) is 0 Å².